The maximum absolute atomic E-state index is 6.25. The zero-order valence-corrected chi connectivity index (χ0v) is 13.5. The Hall–Kier alpha value is -0.0800. The van der Waals surface area contributed by atoms with Crippen molar-refractivity contribution in [1.29, 1.82) is 0 Å². The van der Waals surface area contributed by atoms with Crippen LogP contribution in [0.1, 0.15) is 72.6 Å². The molecule has 1 atom stereocenters. The first kappa shape index (κ1) is 15.3. The number of likely N-dealkylation sites (tertiary alicyclic amines) is 1. The molecule has 0 bridgehead atoms. The molecular weight excluding hydrogens is 232 g/mol. The van der Waals surface area contributed by atoms with Crippen LogP contribution in [0.3, 0.4) is 0 Å². The summed E-state index contributed by atoms with van der Waals surface area (Å²) in [7, 11) is 0. The lowest BCUT2D eigenvalue weighted by Gasteiger charge is -2.50. The number of nitrogens with two attached hydrogens (primary N) is 1. The summed E-state index contributed by atoms with van der Waals surface area (Å²) >= 11 is 0. The maximum Gasteiger partial charge on any atom is 0.0334 e. The van der Waals surface area contributed by atoms with E-state index in [0.717, 1.165) is 18.5 Å². The Labute approximate surface area is 120 Å². The van der Waals surface area contributed by atoms with Gasteiger partial charge in [-0.1, -0.05) is 27.7 Å². The lowest BCUT2D eigenvalue weighted by molar-refractivity contribution is 0.0119. The fourth-order valence-corrected chi connectivity index (χ4v) is 4.51. The van der Waals surface area contributed by atoms with Gasteiger partial charge in [-0.15, -0.1) is 0 Å². The third-order valence-electron chi connectivity index (χ3n) is 5.98. The van der Waals surface area contributed by atoms with Crippen LogP contribution in [-0.4, -0.2) is 29.6 Å². The highest BCUT2D eigenvalue weighted by molar-refractivity contribution is 5.01. The molecule has 0 aromatic heterocycles. The molecule has 2 fully saturated rings. The molecule has 1 unspecified atom stereocenters. The largest absolute Gasteiger partial charge is 0.329 e. The number of rotatable bonds is 3. The molecule has 2 aliphatic rings. The second-order valence-corrected chi connectivity index (χ2v) is 7.97. The first-order valence-electron chi connectivity index (χ1n) is 8.40. The summed E-state index contributed by atoms with van der Waals surface area (Å²) in [4.78, 5) is 2.80. The number of hydrogen-bond donors (Lipinski definition) is 1. The third-order valence-corrected chi connectivity index (χ3v) is 5.98. The van der Waals surface area contributed by atoms with Gasteiger partial charge < -0.3 is 5.73 Å². The molecule has 1 aliphatic heterocycles. The molecule has 0 radical (unpaired) electrons. The van der Waals surface area contributed by atoms with Gasteiger partial charge in [0.2, 0.25) is 0 Å². The van der Waals surface area contributed by atoms with Gasteiger partial charge in [0.05, 0.1) is 0 Å². The Morgan fingerprint density at radius 1 is 1.16 bits per heavy atom. The summed E-state index contributed by atoms with van der Waals surface area (Å²) < 4.78 is 0. The van der Waals surface area contributed by atoms with Crippen LogP contribution < -0.4 is 5.73 Å². The van der Waals surface area contributed by atoms with Crippen molar-refractivity contribution in [3.8, 4) is 0 Å². The van der Waals surface area contributed by atoms with E-state index in [-0.39, 0.29) is 0 Å². The van der Waals surface area contributed by atoms with Crippen LogP contribution in [0.25, 0.3) is 0 Å². The van der Waals surface area contributed by atoms with E-state index in [1.165, 1.54) is 51.5 Å². The van der Waals surface area contributed by atoms with Gasteiger partial charge in [-0.3, -0.25) is 4.90 Å². The monoisotopic (exact) mass is 266 g/mol. The van der Waals surface area contributed by atoms with Gasteiger partial charge in [0.1, 0.15) is 0 Å². The molecule has 1 saturated carbocycles. The SMILES string of the molecule is CCC1CCCN1C1(CN)CCC(C(C)(C)C)CC1. The highest BCUT2D eigenvalue weighted by Gasteiger charge is 2.44. The van der Waals surface area contributed by atoms with E-state index >= 15 is 0 Å². The molecule has 2 heteroatoms. The fourth-order valence-electron chi connectivity index (χ4n) is 4.51. The summed E-state index contributed by atoms with van der Waals surface area (Å²) in [6.45, 7) is 11.7. The molecule has 2 nitrogen and oxygen atoms in total. The molecular formula is C17H34N2. The lowest BCUT2D eigenvalue weighted by atomic mass is 9.66. The van der Waals surface area contributed by atoms with Crippen molar-refractivity contribution < 1.29 is 0 Å². The smallest absolute Gasteiger partial charge is 0.0334 e. The average molecular weight is 266 g/mol. The summed E-state index contributed by atoms with van der Waals surface area (Å²) in [6.07, 6.45) is 9.44. The van der Waals surface area contributed by atoms with E-state index in [2.05, 4.69) is 32.6 Å². The number of hydrogen-bond acceptors (Lipinski definition) is 2. The highest BCUT2D eigenvalue weighted by atomic mass is 15.3. The first-order chi connectivity index (χ1) is 8.93. The van der Waals surface area contributed by atoms with Gasteiger partial charge in [0.15, 0.2) is 0 Å². The zero-order chi connectivity index (χ0) is 14.1. The van der Waals surface area contributed by atoms with Crippen LogP contribution in [0.2, 0.25) is 0 Å². The normalized spacial score (nSPS) is 37.7. The van der Waals surface area contributed by atoms with E-state index in [9.17, 15) is 0 Å². The molecule has 0 amide bonds. The Morgan fingerprint density at radius 2 is 1.79 bits per heavy atom. The van der Waals surface area contributed by atoms with E-state index in [4.69, 9.17) is 5.73 Å². The molecule has 112 valence electrons. The standard InChI is InChI=1S/C17H34N2/c1-5-15-7-6-12-19(15)17(13-18)10-8-14(9-11-17)16(2,3)4/h14-15H,5-13,18H2,1-4H3. The van der Waals surface area contributed by atoms with Gasteiger partial charge in [-0.05, 0) is 62.8 Å². The Kier molecular flexibility index (Phi) is 4.62. The van der Waals surface area contributed by atoms with E-state index in [1.54, 1.807) is 0 Å². The first-order valence-corrected chi connectivity index (χ1v) is 8.40. The predicted octanol–water partition coefficient (Wildman–Crippen LogP) is 3.79. The number of nitrogens with zero attached hydrogens (tertiary/aromatic N) is 1. The van der Waals surface area contributed by atoms with Crippen molar-refractivity contribution in [3.63, 3.8) is 0 Å². The molecule has 1 saturated heterocycles. The average Bonchev–Trinajstić information content (AvgIpc) is 2.86. The topological polar surface area (TPSA) is 29.3 Å². The van der Waals surface area contributed by atoms with Crippen LogP contribution in [-0.2, 0) is 0 Å². The lowest BCUT2D eigenvalue weighted by Crippen LogP contribution is -2.57. The second kappa shape index (κ2) is 5.73. The Bertz CT molecular complexity index is 284. The summed E-state index contributed by atoms with van der Waals surface area (Å²) in [5.41, 5.74) is 7.05. The Balaban J connectivity index is 2.05. The van der Waals surface area contributed by atoms with Crippen molar-refractivity contribution in [2.45, 2.75) is 84.2 Å². The third kappa shape index (κ3) is 3.00. The molecule has 0 aromatic carbocycles. The Morgan fingerprint density at radius 3 is 2.26 bits per heavy atom. The van der Waals surface area contributed by atoms with E-state index < -0.39 is 0 Å². The van der Waals surface area contributed by atoms with Crippen LogP contribution in [0.15, 0.2) is 0 Å². The molecule has 0 spiro atoms. The fraction of sp³-hybridized carbons (Fsp3) is 1.00. The summed E-state index contributed by atoms with van der Waals surface area (Å²) in [6, 6.07) is 0.801. The van der Waals surface area contributed by atoms with Gasteiger partial charge in [-0.2, -0.15) is 0 Å². The zero-order valence-electron chi connectivity index (χ0n) is 13.5. The van der Waals surface area contributed by atoms with Gasteiger partial charge in [0, 0.05) is 18.1 Å². The van der Waals surface area contributed by atoms with E-state index in [0.29, 0.717) is 11.0 Å². The molecule has 1 aliphatic carbocycles. The van der Waals surface area contributed by atoms with Gasteiger partial charge >= 0.3 is 0 Å². The van der Waals surface area contributed by atoms with Crippen LogP contribution in [0.4, 0.5) is 0 Å². The van der Waals surface area contributed by atoms with Crippen molar-refractivity contribution in [3.05, 3.63) is 0 Å². The molecule has 2 rings (SSSR count). The maximum atomic E-state index is 6.25. The van der Waals surface area contributed by atoms with Crippen LogP contribution in [0, 0.1) is 11.3 Å². The van der Waals surface area contributed by atoms with Gasteiger partial charge in [0.25, 0.3) is 0 Å². The van der Waals surface area contributed by atoms with Gasteiger partial charge in [-0.25, -0.2) is 0 Å². The molecule has 0 aromatic rings. The van der Waals surface area contributed by atoms with Crippen molar-refractivity contribution >= 4 is 0 Å². The van der Waals surface area contributed by atoms with Crippen LogP contribution in [0.5, 0.6) is 0 Å². The minimum absolute atomic E-state index is 0.332. The predicted molar refractivity (Wildman–Crippen MR) is 83.2 cm³/mol. The molecule has 1 heterocycles. The summed E-state index contributed by atoms with van der Waals surface area (Å²) in [5, 5.41) is 0. The summed E-state index contributed by atoms with van der Waals surface area (Å²) in [5.74, 6) is 0.884. The van der Waals surface area contributed by atoms with Crippen molar-refractivity contribution in [2.75, 3.05) is 13.1 Å². The van der Waals surface area contributed by atoms with Crippen molar-refractivity contribution in [2.24, 2.45) is 17.1 Å². The molecule has 19 heavy (non-hydrogen) atoms. The van der Waals surface area contributed by atoms with Crippen molar-refractivity contribution in [1.82, 2.24) is 4.90 Å². The molecule has 2 N–H and O–H groups in total. The quantitative estimate of drug-likeness (QED) is 0.842. The second-order valence-electron chi connectivity index (χ2n) is 7.97. The van der Waals surface area contributed by atoms with Crippen LogP contribution >= 0.6 is 0 Å². The minimum atomic E-state index is 0.332. The minimum Gasteiger partial charge on any atom is -0.329 e. The van der Waals surface area contributed by atoms with E-state index in [1.807, 2.05) is 0 Å². The highest BCUT2D eigenvalue weighted by Crippen LogP contribution is 2.45.